The van der Waals surface area contributed by atoms with Crippen molar-refractivity contribution in [3.8, 4) is 0 Å². The lowest BCUT2D eigenvalue weighted by molar-refractivity contribution is -0.135. The fourth-order valence-electron chi connectivity index (χ4n) is 2.51. The molecule has 0 rings (SSSR count). The SMILES string of the molecule is CC(=CS(=O)(=O)O)C(=O)O.CCCCCCCCCC/C(=C/C(=O)O)C(=O)O.CCS(=O)(=O)O.O=C(O)C=CCCS(=O)(=O)O. The highest BCUT2D eigenvalue weighted by atomic mass is 32.2. The first-order chi connectivity index (χ1) is 20.4. The summed E-state index contributed by atoms with van der Waals surface area (Å²) in [6, 6.07) is 0. The van der Waals surface area contributed by atoms with E-state index in [-0.39, 0.29) is 23.2 Å². The number of hydrogen-bond donors (Lipinski definition) is 7. The number of carbonyl (C=O) groups is 4. The van der Waals surface area contributed by atoms with Gasteiger partial charge in [-0.15, -0.1) is 0 Å². The van der Waals surface area contributed by atoms with Gasteiger partial charge in [0.2, 0.25) is 0 Å². The van der Waals surface area contributed by atoms with E-state index in [2.05, 4.69) is 6.92 Å². The van der Waals surface area contributed by atoms with Crippen molar-refractivity contribution >= 4 is 54.2 Å². The van der Waals surface area contributed by atoms with Gasteiger partial charge in [0.05, 0.1) is 16.9 Å². The van der Waals surface area contributed by atoms with Crippen molar-refractivity contribution in [1.82, 2.24) is 0 Å². The van der Waals surface area contributed by atoms with E-state index in [1.807, 2.05) is 0 Å². The van der Waals surface area contributed by atoms with E-state index in [4.69, 9.17) is 34.1 Å². The van der Waals surface area contributed by atoms with Crippen molar-refractivity contribution < 1.29 is 78.5 Å². The van der Waals surface area contributed by atoms with Gasteiger partial charge in [0.25, 0.3) is 30.4 Å². The molecular weight excluding hydrogens is 668 g/mol. The van der Waals surface area contributed by atoms with E-state index in [0.29, 0.717) is 6.42 Å². The summed E-state index contributed by atoms with van der Waals surface area (Å²) in [7, 11) is -11.9. The van der Waals surface area contributed by atoms with Crippen LogP contribution in [0.5, 0.6) is 0 Å². The predicted molar refractivity (Wildman–Crippen MR) is 163 cm³/mol. The van der Waals surface area contributed by atoms with E-state index in [1.165, 1.54) is 39.0 Å². The molecule has 0 amide bonds. The van der Waals surface area contributed by atoms with Crippen LogP contribution in [-0.4, -0.2) is 94.7 Å². The maximum Gasteiger partial charge on any atom is 0.332 e. The Morgan fingerprint density at radius 3 is 1.38 bits per heavy atom. The number of carboxylic acid groups (broad SMARTS) is 4. The average Bonchev–Trinajstić information content (AvgIpc) is 2.86. The normalized spacial score (nSPS) is 12.0. The summed E-state index contributed by atoms with van der Waals surface area (Å²) in [5.41, 5.74) is -0.434. The Hall–Kier alpha value is -3.17. The third-order valence-corrected chi connectivity index (χ3v) is 6.84. The van der Waals surface area contributed by atoms with Crippen LogP contribution in [0.15, 0.2) is 34.8 Å². The Morgan fingerprint density at radius 2 is 1.09 bits per heavy atom. The van der Waals surface area contributed by atoms with E-state index < -0.39 is 65.6 Å². The van der Waals surface area contributed by atoms with E-state index in [9.17, 15) is 44.4 Å². The van der Waals surface area contributed by atoms with Gasteiger partial charge in [-0.25, -0.2) is 19.2 Å². The number of hydrogen-bond acceptors (Lipinski definition) is 10. The highest BCUT2D eigenvalue weighted by Crippen LogP contribution is 2.13. The summed E-state index contributed by atoms with van der Waals surface area (Å²) in [6.07, 6.45) is 12.2. The smallest absolute Gasteiger partial charge is 0.332 e. The molecule has 0 aliphatic heterocycles. The molecule has 0 bridgehead atoms. The standard InChI is InChI=1S/C14H24O4.C5H8O5S.C4H6O5S.C2H6O3S/c1-2-3-4-5-6-7-8-9-10-12(14(17)18)11-13(15)16;6-5(7)3-1-2-4-11(8,9)10;1-3(4(5)6)2-10(7,8)9;1-2-6(3,4)5/h11H,2-10H2,1H3,(H,15,16)(H,17,18);1,3H,2,4H2,(H,6,7)(H,8,9,10);2H,1H3,(H,5,6)(H,7,8,9);2H2,1H3,(H,3,4,5)/b12-11-;;;. The molecule has 0 aromatic rings. The van der Waals surface area contributed by atoms with Crippen LogP contribution in [-0.2, 0) is 49.5 Å². The zero-order valence-electron chi connectivity index (χ0n) is 25.2. The van der Waals surface area contributed by atoms with Gasteiger partial charge < -0.3 is 20.4 Å². The highest BCUT2D eigenvalue weighted by molar-refractivity contribution is 7.88. The van der Waals surface area contributed by atoms with Crippen molar-refractivity contribution in [3.05, 3.63) is 34.8 Å². The zero-order valence-corrected chi connectivity index (χ0v) is 27.7. The molecular formula is C25H44O17S3. The van der Waals surface area contributed by atoms with Gasteiger partial charge in [0, 0.05) is 23.3 Å². The van der Waals surface area contributed by atoms with Crippen LogP contribution in [0.4, 0.5) is 0 Å². The first-order valence-electron chi connectivity index (χ1n) is 13.2. The minimum Gasteiger partial charge on any atom is -0.478 e. The Morgan fingerprint density at radius 1 is 0.644 bits per heavy atom. The Balaban J connectivity index is -0.000000268. The lowest BCUT2D eigenvalue weighted by Gasteiger charge is -2.02. The molecule has 0 fully saturated rings. The second-order valence-electron chi connectivity index (χ2n) is 8.84. The Bertz CT molecular complexity index is 1310. The van der Waals surface area contributed by atoms with E-state index in [1.54, 1.807) is 0 Å². The topological polar surface area (TPSA) is 312 Å². The zero-order chi connectivity index (χ0) is 36.3. The second kappa shape index (κ2) is 27.2. The number of allylic oxidation sites excluding steroid dienone is 1. The van der Waals surface area contributed by atoms with Gasteiger partial charge in [-0.05, 0) is 33.1 Å². The molecule has 0 saturated heterocycles. The molecule has 0 aliphatic carbocycles. The van der Waals surface area contributed by atoms with Crippen LogP contribution in [0.1, 0.15) is 85.0 Å². The fraction of sp³-hybridized carbons (Fsp3) is 0.600. The summed E-state index contributed by atoms with van der Waals surface area (Å²) in [5.74, 6) is -5.48. The predicted octanol–water partition coefficient (Wildman–Crippen LogP) is 3.27. The first kappa shape index (κ1) is 48.7. The molecule has 0 aliphatic rings. The Kier molecular flexibility index (Phi) is 29.4. The number of aliphatic carboxylic acids is 4. The van der Waals surface area contributed by atoms with Crippen LogP contribution >= 0.6 is 0 Å². The molecule has 45 heavy (non-hydrogen) atoms. The van der Waals surface area contributed by atoms with Crippen LogP contribution in [0.2, 0.25) is 0 Å². The molecule has 17 nitrogen and oxygen atoms in total. The molecule has 0 aromatic carbocycles. The van der Waals surface area contributed by atoms with Crippen molar-refractivity contribution in [2.45, 2.75) is 85.0 Å². The largest absolute Gasteiger partial charge is 0.478 e. The van der Waals surface area contributed by atoms with Crippen LogP contribution in [0.25, 0.3) is 0 Å². The first-order valence-corrected chi connectivity index (χ1v) is 18.0. The summed E-state index contributed by atoms with van der Waals surface area (Å²) < 4.78 is 83.2. The van der Waals surface area contributed by atoms with Gasteiger partial charge in [0.1, 0.15) is 0 Å². The van der Waals surface area contributed by atoms with Gasteiger partial charge in [-0.1, -0.05) is 57.9 Å². The van der Waals surface area contributed by atoms with Gasteiger partial charge in [-0.3, -0.25) is 13.7 Å². The lowest BCUT2D eigenvalue weighted by atomic mass is 10.0. The molecule has 0 spiro atoms. The Labute approximate surface area is 263 Å². The van der Waals surface area contributed by atoms with Crippen molar-refractivity contribution in [2.75, 3.05) is 11.5 Å². The molecule has 0 radical (unpaired) electrons. The fourth-order valence-corrected chi connectivity index (χ4v) is 3.50. The maximum absolute atomic E-state index is 10.7. The molecule has 264 valence electrons. The molecule has 0 unspecified atom stereocenters. The molecule has 0 atom stereocenters. The minimum atomic E-state index is -4.31. The second-order valence-corrected chi connectivity index (χ2v) is 13.4. The molecule has 0 saturated carbocycles. The monoisotopic (exact) mass is 712 g/mol. The van der Waals surface area contributed by atoms with Crippen LogP contribution in [0, 0.1) is 0 Å². The summed E-state index contributed by atoms with van der Waals surface area (Å²) in [6.45, 7) is 4.62. The van der Waals surface area contributed by atoms with Gasteiger partial charge >= 0.3 is 23.9 Å². The number of rotatable bonds is 18. The van der Waals surface area contributed by atoms with Crippen molar-refractivity contribution in [2.24, 2.45) is 0 Å². The molecule has 7 N–H and O–H groups in total. The van der Waals surface area contributed by atoms with Crippen molar-refractivity contribution in [3.63, 3.8) is 0 Å². The van der Waals surface area contributed by atoms with E-state index >= 15 is 0 Å². The molecule has 0 aromatic heterocycles. The van der Waals surface area contributed by atoms with Crippen molar-refractivity contribution in [1.29, 1.82) is 0 Å². The molecule has 0 heterocycles. The third-order valence-electron chi connectivity index (χ3n) is 4.70. The maximum atomic E-state index is 10.7. The van der Waals surface area contributed by atoms with Crippen LogP contribution in [0.3, 0.4) is 0 Å². The van der Waals surface area contributed by atoms with E-state index in [0.717, 1.165) is 44.4 Å². The number of carboxylic acids is 4. The third kappa shape index (κ3) is 50.7. The van der Waals surface area contributed by atoms with Crippen LogP contribution < -0.4 is 0 Å². The summed E-state index contributed by atoms with van der Waals surface area (Å²) in [5, 5.41) is 33.7. The van der Waals surface area contributed by atoms with Gasteiger partial charge in [0.15, 0.2) is 0 Å². The average molecular weight is 713 g/mol. The quantitative estimate of drug-likeness (QED) is 0.0609. The highest BCUT2D eigenvalue weighted by Gasteiger charge is 2.09. The minimum absolute atomic E-state index is 0.00509. The number of unbranched alkanes of at least 4 members (excludes halogenated alkanes) is 7. The lowest BCUT2D eigenvalue weighted by Crippen LogP contribution is -2.04. The summed E-state index contributed by atoms with van der Waals surface area (Å²) >= 11 is 0. The summed E-state index contributed by atoms with van der Waals surface area (Å²) in [4.78, 5) is 40.9. The van der Waals surface area contributed by atoms with Gasteiger partial charge in [-0.2, -0.15) is 25.3 Å². The molecule has 20 heteroatoms.